The molecule has 2 heterocycles. The van der Waals surface area contributed by atoms with Gasteiger partial charge in [-0.2, -0.15) is 9.57 Å². The fourth-order valence-corrected chi connectivity index (χ4v) is 4.93. The number of nitriles is 1. The Morgan fingerprint density at radius 3 is 2.94 bits per heavy atom. The van der Waals surface area contributed by atoms with Gasteiger partial charge in [0.1, 0.15) is 0 Å². The zero-order valence-electron chi connectivity index (χ0n) is 9.46. The van der Waals surface area contributed by atoms with Gasteiger partial charge in [-0.15, -0.1) is 0 Å². The first-order valence-electron chi connectivity index (χ1n) is 5.09. The summed E-state index contributed by atoms with van der Waals surface area (Å²) in [6, 6.07) is 1.91. The number of thiazole rings is 1. The Balaban J connectivity index is 2.32. The van der Waals surface area contributed by atoms with Gasteiger partial charge in [0.25, 0.3) is 10.0 Å². The van der Waals surface area contributed by atoms with Crippen LogP contribution in [0.4, 0.5) is 0 Å². The van der Waals surface area contributed by atoms with Crippen molar-refractivity contribution in [2.75, 3.05) is 19.7 Å². The van der Waals surface area contributed by atoms with Crippen LogP contribution in [0, 0.1) is 18.3 Å². The zero-order chi connectivity index (χ0) is 13.3. The third-order valence-corrected chi connectivity index (χ3v) is 6.19. The van der Waals surface area contributed by atoms with E-state index in [0.29, 0.717) is 5.69 Å². The fourth-order valence-electron chi connectivity index (χ4n) is 1.63. The van der Waals surface area contributed by atoms with E-state index in [-0.39, 0.29) is 28.4 Å². The Morgan fingerprint density at radius 2 is 2.39 bits per heavy atom. The third-order valence-electron chi connectivity index (χ3n) is 2.48. The highest BCUT2D eigenvalue weighted by Crippen LogP contribution is 2.30. The molecule has 0 saturated carbocycles. The van der Waals surface area contributed by atoms with Gasteiger partial charge in [-0.3, -0.25) is 0 Å². The Bertz CT molecular complexity index is 593. The average Bonchev–Trinajstić information content (AvgIpc) is 2.69. The van der Waals surface area contributed by atoms with Gasteiger partial charge < -0.3 is 4.74 Å². The minimum absolute atomic E-state index is 0.0355. The van der Waals surface area contributed by atoms with Crippen molar-refractivity contribution in [2.45, 2.75) is 17.2 Å². The van der Waals surface area contributed by atoms with Gasteiger partial charge in [-0.05, 0) is 6.92 Å². The van der Waals surface area contributed by atoms with Crippen molar-refractivity contribution in [1.29, 1.82) is 5.26 Å². The summed E-state index contributed by atoms with van der Waals surface area (Å²) in [6.07, 6.45) is -0.725. The first-order valence-corrected chi connectivity index (χ1v) is 7.73. The van der Waals surface area contributed by atoms with Crippen molar-refractivity contribution in [3.63, 3.8) is 0 Å². The Hall–Kier alpha value is -0.720. The maximum absolute atomic E-state index is 12.4. The molecule has 0 bridgehead atoms. The maximum Gasteiger partial charge on any atom is 0.254 e. The molecule has 0 aliphatic carbocycles. The first kappa shape index (κ1) is 13.7. The van der Waals surface area contributed by atoms with Crippen LogP contribution in [0.3, 0.4) is 0 Å². The fraction of sp³-hybridized carbons (Fsp3) is 0.556. The normalized spacial score (nSPS) is 21.7. The van der Waals surface area contributed by atoms with E-state index in [1.165, 1.54) is 4.31 Å². The number of hydrogen-bond acceptors (Lipinski definition) is 6. The van der Waals surface area contributed by atoms with Gasteiger partial charge >= 0.3 is 0 Å². The van der Waals surface area contributed by atoms with Crippen LogP contribution in [0.1, 0.15) is 5.69 Å². The van der Waals surface area contributed by atoms with Crippen LogP contribution in [0.2, 0.25) is 4.47 Å². The molecule has 1 atom stereocenters. The van der Waals surface area contributed by atoms with Gasteiger partial charge in [-0.25, -0.2) is 13.4 Å². The second-order valence-corrected chi connectivity index (χ2v) is 7.41. The molecule has 1 aliphatic heterocycles. The topological polar surface area (TPSA) is 83.3 Å². The van der Waals surface area contributed by atoms with E-state index in [9.17, 15) is 8.42 Å². The average molecular weight is 308 g/mol. The molecule has 9 heteroatoms. The van der Waals surface area contributed by atoms with Crippen LogP contribution in [0.15, 0.2) is 4.21 Å². The molecule has 0 N–H and O–H groups in total. The Labute approximate surface area is 114 Å². The third kappa shape index (κ3) is 2.50. The van der Waals surface area contributed by atoms with E-state index < -0.39 is 16.1 Å². The molecule has 18 heavy (non-hydrogen) atoms. The molecule has 1 unspecified atom stereocenters. The molecule has 2 rings (SSSR count). The monoisotopic (exact) mass is 307 g/mol. The summed E-state index contributed by atoms with van der Waals surface area (Å²) >= 11 is 6.64. The molecule has 1 fully saturated rings. The van der Waals surface area contributed by atoms with Crippen LogP contribution < -0.4 is 0 Å². The van der Waals surface area contributed by atoms with Gasteiger partial charge in [0, 0.05) is 6.54 Å². The molecule has 0 amide bonds. The number of halogens is 1. The SMILES string of the molecule is Cc1nc(Cl)sc1S(=O)(=O)N1CCOC(C#N)C1. The number of ether oxygens (including phenoxy) is 1. The standard InChI is InChI=1S/C9H10ClN3O3S2/c1-6-8(17-9(10)12-6)18(14,15)13-2-3-16-7(4-11)5-13/h7H,2-3,5H2,1H3. The van der Waals surface area contributed by atoms with Gasteiger partial charge in [0.05, 0.1) is 24.9 Å². The lowest BCUT2D eigenvalue weighted by atomic mass is 10.3. The number of aryl methyl sites for hydroxylation is 1. The predicted octanol–water partition coefficient (Wildman–Crippen LogP) is 1.02. The molecule has 0 radical (unpaired) electrons. The Kier molecular flexibility index (Phi) is 3.89. The van der Waals surface area contributed by atoms with E-state index in [1.807, 2.05) is 6.07 Å². The lowest BCUT2D eigenvalue weighted by Gasteiger charge is -2.28. The molecule has 1 aromatic rings. The number of nitrogens with zero attached hydrogens (tertiary/aromatic N) is 3. The lowest BCUT2D eigenvalue weighted by Crippen LogP contribution is -2.44. The minimum atomic E-state index is -3.64. The van der Waals surface area contributed by atoms with E-state index in [4.69, 9.17) is 21.6 Å². The van der Waals surface area contributed by atoms with Gasteiger partial charge in [-0.1, -0.05) is 22.9 Å². The quantitative estimate of drug-likeness (QED) is 0.814. The van der Waals surface area contributed by atoms with E-state index in [0.717, 1.165) is 11.3 Å². The number of morpholine rings is 1. The van der Waals surface area contributed by atoms with Crippen molar-refractivity contribution < 1.29 is 13.2 Å². The van der Waals surface area contributed by atoms with Gasteiger partial charge in [0.2, 0.25) is 0 Å². The summed E-state index contributed by atoms with van der Waals surface area (Å²) in [5, 5.41) is 8.78. The molecule has 1 saturated heterocycles. The second-order valence-electron chi connectivity index (χ2n) is 3.69. The minimum Gasteiger partial charge on any atom is -0.361 e. The molecular formula is C9H10ClN3O3S2. The van der Waals surface area contributed by atoms with Crippen molar-refractivity contribution >= 4 is 33.0 Å². The highest BCUT2D eigenvalue weighted by atomic mass is 35.5. The largest absolute Gasteiger partial charge is 0.361 e. The van der Waals surface area contributed by atoms with Crippen molar-refractivity contribution in [3.8, 4) is 6.07 Å². The van der Waals surface area contributed by atoms with E-state index in [1.54, 1.807) is 6.92 Å². The van der Waals surface area contributed by atoms with Crippen molar-refractivity contribution in [3.05, 3.63) is 10.2 Å². The highest BCUT2D eigenvalue weighted by Gasteiger charge is 2.33. The van der Waals surface area contributed by atoms with Crippen LogP contribution in [-0.2, 0) is 14.8 Å². The molecular weight excluding hydrogens is 298 g/mol. The predicted molar refractivity (Wildman–Crippen MR) is 66.0 cm³/mol. The molecule has 1 aliphatic rings. The number of hydrogen-bond donors (Lipinski definition) is 0. The molecule has 98 valence electrons. The van der Waals surface area contributed by atoms with E-state index in [2.05, 4.69) is 4.98 Å². The summed E-state index contributed by atoms with van der Waals surface area (Å²) in [4.78, 5) is 3.89. The zero-order valence-corrected chi connectivity index (χ0v) is 11.8. The van der Waals surface area contributed by atoms with Crippen LogP contribution >= 0.6 is 22.9 Å². The summed E-state index contributed by atoms with van der Waals surface area (Å²) < 4.78 is 31.4. The van der Waals surface area contributed by atoms with Crippen molar-refractivity contribution in [1.82, 2.24) is 9.29 Å². The van der Waals surface area contributed by atoms with Crippen LogP contribution in [0.25, 0.3) is 0 Å². The Morgan fingerprint density at radius 1 is 1.67 bits per heavy atom. The smallest absolute Gasteiger partial charge is 0.254 e. The summed E-state index contributed by atoms with van der Waals surface area (Å²) in [5.74, 6) is 0. The van der Waals surface area contributed by atoms with Crippen molar-refractivity contribution in [2.24, 2.45) is 0 Å². The molecule has 0 aromatic carbocycles. The van der Waals surface area contributed by atoms with Gasteiger partial charge in [0.15, 0.2) is 14.8 Å². The highest BCUT2D eigenvalue weighted by molar-refractivity contribution is 7.91. The van der Waals surface area contributed by atoms with Crippen LogP contribution in [-0.4, -0.2) is 43.5 Å². The molecule has 6 nitrogen and oxygen atoms in total. The summed E-state index contributed by atoms with van der Waals surface area (Å²) in [6.45, 7) is 2.07. The second kappa shape index (κ2) is 5.11. The number of aromatic nitrogens is 1. The number of sulfonamides is 1. The maximum atomic E-state index is 12.4. The molecule has 1 aromatic heterocycles. The lowest BCUT2D eigenvalue weighted by molar-refractivity contribution is 0.0312. The summed E-state index contributed by atoms with van der Waals surface area (Å²) in [5.41, 5.74) is 0.380. The first-order chi connectivity index (χ1) is 8.45. The summed E-state index contributed by atoms with van der Waals surface area (Å²) in [7, 11) is -3.64. The number of rotatable bonds is 2. The molecule has 0 spiro atoms. The van der Waals surface area contributed by atoms with Crippen LogP contribution in [0.5, 0.6) is 0 Å². The van der Waals surface area contributed by atoms with E-state index >= 15 is 0 Å².